The van der Waals surface area contributed by atoms with Crippen LogP contribution in [0.25, 0.3) is 0 Å². The topological polar surface area (TPSA) is 72.6 Å². The van der Waals surface area contributed by atoms with Crippen molar-refractivity contribution in [1.82, 2.24) is 0 Å². The number of benzene rings is 1. The first-order valence-corrected chi connectivity index (χ1v) is 12.9. The van der Waals surface area contributed by atoms with Gasteiger partial charge in [-0.2, -0.15) is 0 Å². The third kappa shape index (κ3) is 4.85. The minimum atomic E-state index is -2.89. The van der Waals surface area contributed by atoms with Gasteiger partial charge < -0.3 is 19.9 Å². The third-order valence-electron chi connectivity index (χ3n) is 5.21. The number of unbranched alkanes of at least 4 members (excludes halogenated alkanes) is 2. The summed E-state index contributed by atoms with van der Waals surface area (Å²) in [7, 11) is 2.09. The van der Waals surface area contributed by atoms with Crippen molar-refractivity contribution in [2.24, 2.45) is 5.73 Å². The van der Waals surface area contributed by atoms with Crippen LogP contribution in [0, 0.1) is 0 Å². The first kappa shape index (κ1) is 21.3. The van der Waals surface area contributed by atoms with Crippen LogP contribution in [-0.4, -0.2) is 44.5 Å². The Morgan fingerprint density at radius 3 is 2.42 bits per heavy atom. The first-order valence-electron chi connectivity index (χ1n) is 9.28. The molecule has 5 nitrogen and oxygen atoms in total. The molecule has 26 heavy (non-hydrogen) atoms. The molecular weight excluding hydrogens is 367 g/mol. The van der Waals surface area contributed by atoms with E-state index in [0.29, 0.717) is 26.1 Å². The van der Waals surface area contributed by atoms with E-state index in [1.54, 1.807) is 6.66 Å². The molecule has 1 aliphatic rings. The smallest absolute Gasteiger partial charge is 0.232 e. The number of nitrogens with zero attached hydrogens (tertiary/aromatic N) is 1. The molecular formula is C19H31N2O3PS. The number of hydrogen-bond donors (Lipinski definition) is 1. The van der Waals surface area contributed by atoms with E-state index < -0.39 is 17.4 Å². The lowest BCUT2D eigenvalue weighted by Gasteiger charge is -2.38. The van der Waals surface area contributed by atoms with Crippen molar-refractivity contribution in [2.75, 3.05) is 38.4 Å². The van der Waals surface area contributed by atoms with Crippen LogP contribution in [0.3, 0.4) is 0 Å². The maximum absolute atomic E-state index is 13.5. The van der Waals surface area contributed by atoms with Gasteiger partial charge >= 0.3 is 0 Å². The number of hydrogen-bond acceptors (Lipinski definition) is 5. The lowest BCUT2D eigenvalue weighted by Crippen LogP contribution is -2.47. The van der Waals surface area contributed by atoms with Crippen LogP contribution in [0.1, 0.15) is 39.0 Å². The highest BCUT2D eigenvalue weighted by Crippen LogP contribution is 2.70. The van der Waals surface area contributed by atoms with E-state index >= 15 is 0 Å². The van der Waals surface area contributed by atoms with Gasteiger partial charge in [-0.05, 0) is 50.2 Å². The van der Waals surface area contributed by atoms with E-state index in [0.717, 1.165) is 17.1 Å². The van der Waals surface area contributed by atoms with Gasteiger partial charge in [-0.15, -0.1) is 0 Å². The molecule has 0 saturated carbocycles. The highest BCUT2D eigenvalue weighted by atomic mass is 32.7. The summed E-state index contributed by atoms with van der Waals surface area (Å²) in [6.45, 7) is 5.79. The van der Waals surface area contributed by atoms with Crippen molar-refractivity contribution in [3.8, 4) is 0 Å². The Kier molecular flexibility index (Phi) is 7.63. The molecule has 0 aliphatic carbocycles. The monoisotopic (exact) mass is 398 g/mol. The van der Waals surface area contributed by atoms with Crippen LogP contribution in [0.5, 0.6) is 0 Å². The number of carbonyl (C=O) groups is 1. The predicted octanol–water partition coefficient (Wildman–Crippen LogP) is 4.35. The zero-order chi connectivity index (χ0) is 19.2. The summed E-state index contributed by atoms with van der Waals surface area (Å²) in [6.07, 6.45) is 1.59. The van der Waals surface area contributed by atoms with Crippen molar-refractivity contribution in [3.63, 3.8) is 0 Å². The standard InChI is InChI=1S/C19H31N2O3PS/c1-4-5-6-13-21(2)16-7-9-17(10-8-16)26-25(3,23)19(18(20)22)11-14-24-15-12-19/h7-10H,4-6,11-15H2,1-3H3,(H2,20,22). The molecule has 146 valence electrons. The Labute approximate surface area is 161 Å². The fourth-order valence-electron chi connectivity index (χ4n) is 3.34. The van der Waals surface area contributed by atoms with Gasteiger partial charge in [0.15, 0.2) is 6.34 Å². The SMILES string of the molecule is CCCCCN(C)c1ccc(SP(C)(=O)C2(C(N)=O)CCOCC2)cc1. The Balaban J connectivity index is 2.09. The molecule has 0 aromatic heterocycles. The molecule has 1 unspecified atom stereocenters. The van der Waals surface area contributed by atoms with E-state index in [-0.39, 0.29) is 0 Å². The first-order chi connectivity index (χ1) is 12.3. The van der Waals surface area contributed by atoms with Gasteiger partial charge in [0.25, 0.3) is 0 Å². The van der Waals surface area contributed by atoms with Crippen molar-refractivity contribution >= 4 is 29.3 Å². The molecule has 1 aromatic rings. The molecule has 0 radical (unpaired) electrons. The van der Waals surface area contributed by atoms with Crippen LogP contribution in [-0.2, 0) is 14.1 Å². The molecule has 1 atom stereocenters. The highest BCUT2D eigenvalue weighted by molar-refractivity contribution is 8.58. The molecule has 1 amide bonds. The molecule has 1 saturated heterocycles. The van der Waals surface area contributed by atoms with Crippen LogP contribution in [0.2, 0.25) is 0 Å². The minimum Gasteiger partial charge on any atom is -0.381 e. The molecule has 0 spiro atoms. The zero-order valence-corrected chi connectivity index (χ0v) is 17.8. The number of anilines is 1. The second-order valence-electron chi connectivity index (χ2n) is 7.07. The molecule has 1 aliphatic heterocycles. The van der Waals surface area contributed by atoms with E-state index in [2.05, 4.69) is 31.0 Å². The second-order valence-corrected chi connectivity index (χ2v) is 12.9. The van der Waals surface area contributed by atoms with Crippen molar-refractivity contribution in [2.45, 2.75) is 49.1 Å². The summed E-state index contributed by atoms with van der Waals surface area (Å²) in [5.41, 5.74) is 6.82. The zero-order valence-electron chi connectivity index (χ0n) is 16.1. The number of rotatable bonds is 9. The molecule has 2 N–H and O–H groups in total. The molecule has 1 heterocycles. The van der Waals surface area contributed by atoms with Crippen molar-refractivity contribution in [3.05, 3.63) is 24.3 Å². The third-order valence-corrected chi connectivity index (χ3v) is 11.0. The van der Waals surface area contributed by atoms with Gasteiger partial charge in [-0.25, -0.2) is 0 Å². The molecule has 2 rings (SSSR count). The summed E-state index contributed by atoms with van der Waals surface area (Å²) >= 11 is 1.30. The quantitative estimate of drug-likeness (QED) is 0.495. The van der Waals surface area contributed by atoms with Crippen LogP contribution < -0.4 is 10.6 Å². The molecule has 7 heteroatoms. The second kappa shape index (κ2) is 9.29. The summed E-state index contributed by atoms with van der Waals surface area (Å²) < 4.78 is 18.9. The maximum atomic E-state index is 13.5. The Bertz CT molecular complexity index is 645. The lowest BCUT2D eigenvalue weighted by molar-refractivity contribution is -0.122. The van der Waals surface area contributed by atoms with Gasteiger partial charge in [0.1, 0.15) is 5.16 Å². The minimum absolute atomic E-state index is 0.432. The van der Waals surface area contributed by atoms with E-state index in [1.165, 1.54) is 30.6 Å². The van der Waals surface area contributed by atoms with Gasteiger partial charge in [0, 0.05) is 37.4 Å². The number of nitrogens with two attached hydrogens (primary N) is 1. The normalized spacial score (nSPS) is 18.9. The summed E-state index contributed by atoms with van der Waals surface area (Å²) in [6, 6.07) is 8.07. The highest BCUT2D eigenvalue weighted by Gasteiger charge is 2.51. The Morgan fingerprint density at radius 2 is 1.88 bits per heavy atom. The number of carbonyl (C=O) groups excluding carboxylic acids is 1. The van der Waals surface area contributed by atoms with Crippen LogP contribution in [0.4, 0.5) is 5.69 Å². The Morgan fingerprint density at radius 1 is 1.27 bits per heavy atom. The van der Waals surface area contributed by atoms with Crippen molar-refractivity contribution < 1.29 is 14.1 Å². The van der Waals surface area contributed by atoms with E-state index in [9.17, 15) is 9.36 Å². The average molecular weight is 399 g/mol. The number of ether oxygens (including phenoxy) is 1. The molecule has 1 aromatic carbocycles. The molecule has 1 fully saturated rings. The maximum Gasteiger partial charge on any atom is 0.232 e. The van der Waals surface area contributed by atoms with E-state index in [4.69, 9.17) is 10.5 Å². The molecule has 0 bridgehead atoms. The van der Waals surface area contributed by atoms with Gasteiger partial charge in [-0.1, -0.05) is 31.1 Å². The summed E-state index contributed by atoms with van der Waals surface area (Å²) in [5.74, 6) is -0.466. The van der Waals surface area contributed by atoms with Crippen LogP contribution >= 0.6 is 17.7 Å². The van der Waals surface area contributed by atoms with E-state index in [1.807, 2.05) is 12.1 Å². The van der Waals surface area contributed by atoms with Gasteiger partial charge in [-0.3, -0.25) is 4.79 Å². The lowest BCUT2D eigenvalue weighted by atomic mass is 9.98. The van der Waals surface area contributed by atoms with Crippen molar-refractivity contribution in [1.29, 1.82) is 0 Å². The summed E-state index contributed by atoms with van der Waals surface area (Å²) in [5, 5.41) is -0.967. The summed E-state index contributed by atoms with van der Waals surface area (Å²) in [4.78, 5) is 15.3. The van der Waals surface area contributed by atoms with Gasteiger partial charge in [0.2, 0.25) is 5.91 Å². The predicted molar refractivity (Wildman–Crippen MR) is 111 cm³/mol. The average Bonchev–Trinajstić information content (AvgIpc) is 2.62. The fraction of sp³-hybridized carbons (Fsp3) is 0.632. The number of primary amides is 1. The largest absolute Gasteiger partial charge is 0.381 e. The fourth-order valence-corrected chi connectivity index (χ4v) is 8.48. The Hall–Kier alpha value is -0.970. The van der Waals surface area contributed by atoms with Gasteiger partial charge in [0.05, 0.1) is 0 Å². The number of amides is 1. The van der Waals surface area contributed by atoms with Crippen LogP contribution in [0.15, 0.2) is 29.2 Å².